The van der Waals surface area contributed by atoms with Gasteiger partial charge < -0.3 is 15.4 Å². The van der Waals surface area contributed by atoms with Crippen LogP contribution < -0.4 is 15.4 Å². The highest BCUT2D eigenvalue weighted by atomic mass is 32.1. The molecule has 1 aliphatic heterocycles. The van der Waals surface area contributed by atoms with Crippen LogP contribution in [0, 0.1) is 0 Å². The number of nitrogens with one attached hydrogen (secondary N) is 2. The molecule has 3 rings (SSSR count). The monoisotopic (exact) mass is 387 g/mol. The van der Waals surface area contributed by atoms with E-state index in [1.807, 2.05) is 17.5 Å². The molecular weight excluding hydrogens is 366 g/mol. The average Bonchev–Trinajstić information content (AvgIpc) is 3.25. The molecule has 1 aromatic carbocycles. The predicted octanol–water partition coefficient (Wildman–Crippen LogP) is 1.88. The second-order valence-corrected chi connectivity index (χ2v) is 7.39. The highest BCUT2D eigenvalue weighted by molar-refractivity contribution is 7.09. The lowest BCUT2D eigenvalue weighted by Crippen LogP contribution is -2.43. The fourth-order valence-electron chi connectivity index (χ4n) is 2.94. The van der Waals surface area contributed by atoms with Crippen molar-refractivity contribution in [3.8, 4) is 5.75 Å². The quantitative estimate of drug-likeness (QED) is 0.710. The largest absolute Gasteiger partial charge is 0.497 e. The van der Waals surface area contributed by atoms with Crippen molar-refractivity contribution in [3.05, 3.63) is 52.2 Å². The van der Waals surface area contributed by atoms with Crippen LogP contribution in [0.25, 0.3) is 0 Å². The number of ether oxygens (including phenoxy) is 1. The van der Waals surface area contributed by atoms with Crippen molar-refractivity contribution in [2.24, 2.45) is 0 Å². The maximum Gasteiger partial charge on any atom is 0.325 e. The minimum absolute atomic E-state index is 0.305. The molecule has 0 radical (unpaired) electrons. The van der Waals surface area contributed by atoms with E-state index in [1.165, 1.54) is 0 Å². The highest BCUT2D eigenvalue weighted by Crippen LogP contribution is 2.29. The van der Waals surface area contributed by atoms with Gasteiger partial charge in [0.1, 0.15) is 17.8 Å². The molecule has 2 heterocycles. The second kappa shape index (κ2) is 7.79. The zero-order valence-electron chi connectivity index (χ0n) is 15.2. The van der Waals surface area contributed by atoms with Crippen molar-refractivity contribution in [2.75, 3.05) is 20.2 Å². The number of methoxy groups -OCH3 is 1. The Balaban J connectivity index is 1.61. The molecule has 0 aliphatic carbocycles. The van der Waals surface area contributed by atoms with Crippen molar-refractivity contribution >= 4 is 29.2 Å². The fraction of sp³-hybridized carbons (Fsp3) is 0.316. The van der Waals surface area contributed by atoms with E-state index in [0.717, 1.165) is 9.78 Å². The first-order valence-electron chi connectivity index (χ1n) is 8.52. The summed E-state index contributed by atoms with van der Waals surface area (Å²) in [5, 5.41) is 7.41. The van der Waals surface area contributed by atoms with Crippen LogP contribution >= 0.6 is 11.3 Å². The zero-order valence-corrected chi connectivity index (χ0v) is 16.0. The van der Waals surface area contributed by atoms with Gasteiger partial charge in [-0.15, -0.1) is 11.3 Å². The zero-order chi connectivity index (χ0) is 19.4. The summed E-state index contributed by atoms with van der Waals surface area (Å²) < 4.78 is 5.12. The molecule has 142 valence electrons. The molecule has 0 unspecified atom stereocenters. The lowest BCUT2D eigenvalue weighted by atomic mass is 9.92. The number of imide groups is 1. The summed E-state index contributed by atoms with van der Waals surface area (Å²) in [5.41, 5.74) is -0.581. The van der Waals surface area contributed by atoms with Crippen LogP contribution in [0.3, 0.4) is 0 Å². The van der Waals surface area contributed by atoms with Crippen LogP contribution in [-0.2, 0) is 21.5 Å². The van der Waals surface area contributed by atoms with Gasteiger partial charge in [-0.1, -0.05) is 18.2 Å². The molecular formula is C19H21N3O4S. The summed E-state index contributed by atoms with van der Waals surface area (Å²) in [6, 6.07) is 10.3. The van der Waals surface area contributed by atoms with Crippen molar-refractivity contribution in [3.63, 3.8) is 0 Å². The van der Waals surface area contributed by atoms with Gasteiger partial charge in [0, 0.05) is 11.4 Å². The van der Waals surface area contributed by atoms with Crippen molar-refractivity contribution in [1.29, 1.82) is 0 Å². The van der Waals surface area contributed by atoms with Gasteiger partial charge in [0.2, 0.25) is 5.91 Å². The second-order valence-electron chi connectivity index (χ2n) is 6.35. The Hall–Kier alpha value is -2.87. The molecule has 1 fully saturated rings. The molecule has 2 N–H and O–H groups in total. The fourth-order valence-corrected chi connectivity index (χ4v) is 3.65. The van der Waals surface area contributed by atoms with Gasteiger partial charge in [-0.05, 0) is 42.5 Å². The van der Waals surface area contributed by atoms with Crippen LogP contribution in [-0.4, -0.2) is 42.9 Å². The van der Waals surface area contributed by atoms with Crippen molar-refractivity contribution in [1.82, 2.24) is 15.5 Å². The Morgan fingerprint density at radius 1 is 1.26 bits per heavy atom. The van der Waals surface area contributed by atoms with Crippen LogP contribution in [0.4, 0.5) is 4.79 Å². The van der Waals surface area contributed by atoms with Crippen LogP contribution in [0.1, 0.15) is 17.4 Å². The Morgan fingerprint density at radius 2 is 2.00 bits per heavy atom. The van der Waals surface area contributed by atoms with Gasteiger partial charge in [-0.25, -0.2) is 4.79 Å². The lowest BCUT2D eigenvalue weighted by Gasteiger charge is -2.22. The maximum atomic E-state index is 12.8. The number of carbonyl (C=O) groups is 3. The summed E-state index contributed by atoms with van der Waals surface area (Å²) in [5.74, 6) is -0.166. The molecule has 8 heteroatoms. The van der Waals surface area contributed by atoms with E-state index in [9.17, 15) is 14.4 Å². The van der Waals surface area contributed by atoms with Crippen LogP contribution in [0.2, 0.25) is 0 Å². The summed E-state index contributed by atoms with van der Waals surface area (Å²) in [6.07, 6.45) is 0.715. The Kier molecular flexibility index (Phi) is 5.46. The van der Waals surface area contributed by atoms with E-state index < -0.39 is 17.5 Å². The minimum atomic E-state index is -1.21. The molecule has 1 aromatic heterocycles. The first-order chi connectivity index (χ1) is 12.9. The van der Waals surface area contributed by atoms with E-state index >= 15 is 0 Å². The average molecular weight is 387 g/mol. The predicted molar refractivity (Wildman–Crippen MR) is 102 cm³/mol. The van der Waals surface area contributed by atoms with E-state index in [1.54, 1.807) is 49.6 Å². The molecule has 0 saturated carbocycles. The number of hydrogen-bond acceptors (Lipinski definition) is 5. The topological polar surface area (TPSA) is 87.7 Å². The third-order valence-electron chi connectivity index (χ3n) is 4.52. The molecule has 2 aromatic rings. The van der Waals surface area contributed by atoms with E-state index in [0.29, 0.717) is 24.3 Å². The van der Waals surface area contributed by atoms with E-state index in [-0.39, 0.29) is 12.5 Å². The summed E-state index contributed by atoms with van der Waals surface area (Å²) in [7, 11) is 1.55. The number of nitrogens with zero attached hydrogens (tertiary/aromatic N) is 1. The number of benzene rings is 1. The molecule has 27 heavy (non-hydrogen) atoms. The molecule has 0 spiro atoms. The third kappa shape index (κ3) is 3.95. The maximum absolute atomic E-state index is 12.8. The van der Waals surface area contributed by atoms with Gasteiger partial charge >= 0.3 is 6.03 Å². The first-order valence-corrected chi connectivity index (χ1v) is 9.40. The standard InChI is InChI=1S/C19H21N3O4S/c1-19(13-5-7-14(26-2)8-6-13)17(24)22(18(25)21-19)12-16(23)20-10-9-15-4-3-11-27-15/h3-8,11H,9-10,12H2,1-2H3,(H,20,23)(H,21,25)/t19-/m0/s1. The lowest BCUT2D eigenvalue weighted by molar-refractivity contribution is -0.134. The van der Waals surface area contributed by atoms with E-state index in [4.69, 9.17) is 4.74 Å². The van der Waals surface area contributed by atoms with Gasteiger partial charge in [0.25, 0.3) is 5.91 Å². The van der Waals surface area contributed by atoms with Gasteiger partial charge in [0.15, 0.2) is 0 Å². The summed E-state index contributed by atoms with van der Waals surface area (Å²) in [6.45, 7) is 1.78. The molecule has 7 nitrogen and oxygen atoms in total. The smallest absolute Gasteiger partial charge is 0.325 e. The van der Waals surface area contributed by atoms with Gasteiger partial charge in [-0.2, -0.15) is 0 Å². The molecule has 1 aliphatic rings. The Bertz CT molecular complexity index is 835. The SMILES string of the molecule is COc1ccc([C@]2(C)NC(=O)N(CC(=O)NCCc3cccs3)C2=O)cc1. The Morgan fingerprint density at radius 3 is 2.63 bits per heavy atom. The van der Waals surface area contributed by atoms with Gasteiger partial charge in [-0.3, -0.25) is 14.5 Å². The number of amides is 4. The van der Waals surface area contributed by atoms with E-state index in [2.05, 4.69) is 10.6 Å². The van der Waals surface area contributed by atoms with Crippen LogP contribution in [0.15, 0.2) is 41.8 Å². The number of rotatable bonds is 7. The van der Waals surface area contributed by atoms with Crippen molar-refractivity contribution < 1.29 is 19.1 Å². The first kappa shape index (κ1) is 18.9. The number of hydrogen-bond donors (Lipinski definition) is 2. The van der Waals surface area contributed by atoms with Crippen molar-refractivity contribution in [2.45, 2.75) is 18.9 Å². The highest BCUT2D eigenvalue weighted by Gasteiger charge is 2.49. The third-order valence-corrected chi connectivity index (χ3v) is 5.45. The number of carbonyl (C=O) groups excluding carboxylic acids is 3. The molecule has 1 atom stereocenters. The normalized spacial score (nSPS) is 19.1. The van der Waals surface area contributed by atoms with Gasteiger partial charge in [0.05, 0.1) is 7.11 Å². The number of urea groups is 1. The number of thiophene rings is 1. The summed E-state index contributed by atoms with van der Waals surface area (Å²) in [4.78, 5) is 39.4. The Labute approximate surface area is 161 Å². The molecule has 1 saturated heterocycles. The van der Waals surface area contributed by atoms with Crippen LogP contribution in [0.5, 0.6) is 5.75 Å². The molecule has 4 amide bonds. The molecule has 0 bridgehead atoms. The minimum Gasteiger partial charge on any atom is -0.497 e. The summed E-state index contributed by atoms with van der Waals surface area (Å²) >= 11 is 1.62.